The Morgan fingerprint density at radius 1 is 1.00 bits per heavy atom. The minimum atomic E-state index is -4.62. The fourth-order valence-corrected chi connectivity index (χ4v) is 12.1. The summed E-state index contributed by atoms with van der Waals surface area (Å²) in [5.74, 6) is -0.341. The predicted molar refractivity (Wildman–Crippen MR) is 966 cm³/mol. The Balaban J connectivity index is -0.000000000352. The summed E-state index contributed by atoms with van der Waals surface area (Å²) < 4.78 is 57.4. The average molecular weight is 1550 g/mol. The van der Waals surface area contributed by atoms with E-state index in [1.54, 1.807) is 13.8 Å². The van der Waals surface area contributed by atoms with Crippen LogP contribution in [-0.4, -0.2) is 87.4 Å². The molecule has 1 saturated heterocycles. The molecule has 60 heavy (non-hydrogen) atoms. The van der Waals surface area contributed by atoms with Gasteiger partial charge in [-0.15, -0.1) is 0 Å². The highest BCUT2D eigenvalue weighted by atomic mass is 32.2. The predicted octanol–water partition coefficient (Wildman–Crippen LogP) is 93.6. The summed E-state index contributed by atoms with van der Waals surface area (Å²) in [6.45, 7) is 35.9. The molecule has 5 rings (SSSR count). The number of carbonyl (C=O) groups is 2. The second-order valence-corrected chi connectivity index (χ2v) is 22.0. The van der Waals surface area contributed by atoms with Crippen molar-refractivity contribution in [2.75, 3.05) is 44.3 Å². The molecule has 0 radical (unpaired) electrons. The van der Waals surface area contributed by atoms with Gasteiger partial charge in [-0.3, -0.25) is 14.5 Å². The molecule has 2 aromatic rings. The summed E-state index contributed by atoms with van der Waals surface area (Å²) in [7, 11) is -3.22. The number of benzene rings is 2. The molecule has 1024 valence electrons. The molecular formula is C48H763N3O8S. The number of fused-ring (bicyclic) bond motifs is 2. The van der Waals surface area contributed by atoms with E-state index in [0.717, 1.165) is 34.8 Å². The minimum absolute atomic E-state index is 0. The molecule has 3 aliphatic rings. The van der Waals surface area contributed by atoms with Gasteiger partial charge in [-0.25, -0.2) is 12.7 Å². The Hall–Kier alpha value is -3.19. The van der Waals surface area contributed by atoms with Crippen molar-refractivity contribution < 1.29 is 528 Å². The number of amides is 2. The maximum Gasteiger partial charge on any atom is 0.274 e. The molecule has 1 spiro atoms. The summed E-state index contributed by atoms with van der Waals surface area (Å²) in [4.78, 5) is 31.8. The van der Waals surface area contributed by atoms with Crippen LogP contribution >= 0.6 is 0 Å². The number of nitrogens with zero attached hydrogens (tertiary/aromatic N) is 2. The number of methoxy groups -OCH3 is 1. The first kappa shape index (κ1) is 47.9. The molecule has 1 saturated carbocycles. The van der Waals surface area contributed by atoms with Crippen molar-refractivity contribution in [2.45, 2.75) is 169 Å². The lowest BCUT2D eigenvalue weighted by atomic mass is 9.55. The highest BCUT2D eigenvalue weighted by Gasteiger charge is 2.64. The first-order valence-electron chi connectivity index (χ1n) is 22.1. The van der Waals surface area contributed by atoms with Gasteiger partial charge in [0.25, 0.3) is 21.8 Å². The third kappa shape index (κ3) is 8.24. The molecule has 4 atom stereocenters. The van der Waals surface area contributed by atoms with Crippen LogP contribution in [-0.2, 0) is 29.7 Å². The molecular weight excluding hydrogens is 779 g/mol. The van der Waals surface area contributed by atoms with Crippen molar-refractivity contribution in [3.05, 3.63) is 45.5 Å². The third-order valence-electron chi connectivity index (χ3n) is 14.6. The van der Waals surface area contributed by atoms with Crippen LogP contribution in [0.3, 0.4) is 0 Å². The van der Waals surface area contributed by atoms with E-state index in [0.29, 0.717) is 72.9 Å². The monoisotopic (exact) mass is 1550 g/mol. The van der Waals surface area contributed by atoms with Gasteiger partial charge in [-0.05, 0) is 153 Å². The van der Waals surface area contributed by atoms with Crippen LogP contribution in [0.2, 0.25) is 0 Å². The second kappa shape index (κ2) is 16.8. The summed E-state index contributed by atoms with van der Waals surface area (Å²) in [5, 5.41) is 3.15. The van der Waals surface area contributed by atoms with Crippen LogP contribution < -0.4 is 19.1 Å². The van der Waals surface area contributed by atoms with Crippen molar-refractivity contribution in [2.24, 2.45) is 17.8 Å². The van der Waals surface area contributed by atoms with Crippen molar-refractivity contribution in [3.8, 4) is 11.5 Å². The smallest absolute Gasteiger partial charge is 0.274 e. The number of carbonyl (C=O) groups excluding carboxylic acids is 2. The number of anilines is 1. The number of nitrogens with one attached hydrogen (secondary N) is 1. The van der Waals surface area contributed by atoms with Gasteiger partial charge in [0.1, 0.15) is 16.4 Å². The molecule has 2 fully saturated rings. The van der Waals surface area contributed by atoms with Crippen LogP contribution in [0.1, 0.15) is 638 Å². The first-order valence-corrected chi connectivity index (χ1v) is 23.5. The Labute approximate surface area is 872 Å². The summed E-state index contributed by atoms with van der Waals surface area (Å²) in [6.07, 6.45) is 2.36. The van der Waals surface area contributed by atoms with E-state index in [9.17, 15) is 4.79 Å². The second-order valence-electron chi connectivity index (χ2n) is 20.3. The Bertz CT molecular complexity index is 2340. The molecule has 2 aliphatic heterocycles. The maximum absolute atomic E-state index is 15.7. The van der Waals surface area contributed by atoms with Crippen LogP contribution in [0.5, 0.6) is 11.5 Å². The van der Waals surface area contributed by atoms with Gasteiger partial charge in [0.15, 0.2) is 0 Å². The van der Waals surface area contributed by atoms with E-state index in [1.165, 1.54) is 13.2 Å². The Kier molecular flexibility index (Phi) is 13.4. The number of hydrogen-bond donors (Lipinski definition) is 1. The quantitative estimate of drug-likeness (QED) is 0.197. The molecule has 12 heteroatoms. The molecule has 2 unspecified atom stereocenters. The first-order chi connectivity index (χ1) is 27.7. The van der Waals surface area contributed by atoms with Gasteiger partial charge in [0.2, 0.25) is 0 Å². The molecule has 2 amide bonds. The summed E-state index contributed by atoms with van der Waals surface area (Å²) in [5.41, 5.74) is 0.825. The summed E-state index contributed by atoms with van der Waals surface area (Å²) in [6, 6.07) is 3.31. The van der Waals surface area contributed by atoms with E-state index in [-0.39, 0.29) is 531 Å². The lowest BCUT2D eigenvalue weighted by Crippen LogP contribution is -2.61. The van der Waals surface area contributed by atoms with Gasteiger partial charge in [0, 0.05) is 520 Å². The molecule has 11 nitrogen and oxygen atoms in total. The van der Waals surface area contributed by atoms with Gasteiger partial charge in [0.05, 0.1) is 49.2 Å². The lowest BCUT2D eigenvalue weighted by molar-refractivity contribution is -0.203. The lowest BCUT2D eigenvalue weighted by Gasteiger charge is -2.54. The number of morpholine rings is 1. The minimum Gasteiger partial charge on any atom is -0.495 e. The van der Waals surface area contributed by atoms with Crippen LogP contribution in [0.15, 0.2) is 17.0 Å². The zero-order valence-corrected chi connectivity index (χ0v) is 40.6. The highest BCUT2D eigenvalue weighted by molar-refractivity contribution is 7.93. The molecule has 0 aromatic heterocycles. The number of sulfonamides is 1. The topological polar surface area (TPSA) is 124 Å². The van der Waals surface area contributed by atoms with Crippen LogP contribution in [0.4, 0.5) is 5.69 Å². The number of aryl methyl sites for hydroxylation is 1. The fraction of sp³-hybridized carbons (Fsp3) is 0.708. The molecule has 1 aliphatic carbocycles. The zero-order valence-electron chi connectivity index (χ0n) is 39.8. The van der Waals surface area contributed by atoms with Gasteiger partial charge in [-0.2, -0.15) is 0 Å². The van der Waals surface area contributed by atoms with E-state index in [1.807, 2.05) is 40.7 Å². The molecule has 1 N–H and O–H groups in total. The van der Waals surface area contributed by atoms with Crippen LogP contribution in [0.25, 0.3) is 0 Å². The van der Waals surface area contributed by atoms with Gasteiger partial charge in [-0.1, -0.05) is 41.5 Å². The Morgan fingerprint density at radius 3 is 2.20 bits per heavy atom. The van der Waals surface area contributed by atoms with E-state index < -0.39 is 38.1 Å². The van der Waals surface area contributed by atoms with E-state index >= 15 is 13.2 Å². The molecule has 2 aromatic carbocycles. The SMILES string of the molecule is CCC(C)(CC)NC(=O)c1cc(OC)c(S(=O)(=O)N2C(=O)[C@@]3(CC[C@](C)(OC(C)(C)CN4CCOCC4(C)C)C(C)C3C)c3c2cc(C)c(OCC(C)C)c3C)c(C)c1C.[HH].[HH].[HH].[HH].[HH].[HH].[HH].[HH].[HH].[HH].[HH].[HH].[HH].[HH].[HH].[HH].[HH].[HH].[HH].[HH].[HH].[HH].[HH].[HH].[HH].[HH].[HH].[HH].[HH].[HH].[HH].[HH].[HH].[HH].[HH].[HH].[HH].[HH].[HH].[HH].[HH].[HH].[HH].[HH].[HH].[HH].[HH].[HH].[HH].[HH].[HH].[HH].[HH].[HH].[HH].[HH].[HH].[HH].[HH].[HH].[HH].[HH].[HH].[HH].[HH].[HH].[HH].[HH].[HH].[HH].[HH].[HH].[HH].[HH].[HH].[HH].[HH].[HH].[HH].[HH].[HH].[HH].[HH].[HH].[HH].[HH].[HH].[HH].[HH].[HH].[HH].[HH].[HH].[HH].[HH].[HH].[HH].[HH].[HH].[HH].[HH].[HH].[HH].[HH].[HH].[HH].[HH].[HH].[HH].[HH].[HH].[HH].[HH].[HH].[HH].[HH].[HH].[HH].[HH].[HH].[HH].[HH].[HH].[HH].[HH].[HH].[HH].[HH].[HH].[HH].[HH].[HH].[HH].[HH].[HH].[HH].[HH].[HH].[HH].[HH].[HH].[HH].[HH].[HH].[HH].[HH].[HH].[HH].[HH].[HH].[HH].[HH].[HH].[HH].[HH].[HH].[HH].[HH].[HH].[HH].[HH].[HH].[HH].[HH].[HH].[HH].[HH].[HH].[HH].[HH].[HH].[HH].[HH].[HH].[HH].[HH].[HH].[HH].[HH].[HH].[HH].[HH].[HH].[HH].[HH].[HH].[HH].[HH].[HH].[HH].[HH].[HH].[HH].[HH].[HH].[HH].[HH].[HH].[HH].[HH].[HH].[HH].[HH].[HH].[HH].[HH].[HH].[HH].[HH].[HH].[HH].[HH].[HH].[HH].[HH].[HH].[HH].[HH].[HH].[HH].[HH].[HH].[HH].[HH].[HH].[HH].[HH].[HH].[HH].[HH].[HH].[HH].[HH].[HH].[HH].[HH].[HH].[HH].[HH].[HH].[HH].[HH].[HH].[HH].[HH].[HH].[HH].[HH].[HH].[HH].[HH].[HH].[HH].[HH].[HH].[HH].[HH].[HH].[HH].[HH].[HH].[HH].[HH].[HH].[HH].[HH].[HH].[HH].[HH].[HH].[HH].[HH].[HH].[HH].[HH].[HH].[HH].[HH].[HH].[HH].[HH].[HH].[HH].[HH].[HH].[HH].[HH].[HH].[HH].[HH].[HH].[HH].[HH].[HH].[HH].[HH].[HH].[HH].[HH].[HH].[HH].[HH].[HH].[HH].[HH].[HH].[HH].[HH].[HH].[HH].[HH].[HH].[HH].[HH].[HH].[HH].[HH].[HH].[HH].[HH].[HH].[HH].[HH].[HH].[HH].[HH].[HH].[HH].[HH].[HH].[HH].[HH].[HH].[HH].[HH].[HH].[HH].[HH].[HH].[HH].[HH].[HH].[HH].[HH]. The molecule has 0 bridgehead atoms. The van der Waals surface area contributed by atoms with E-state index in [4.69, 9.17) is 18.9 Å². The summed E-state index contributed by atoms with van der Waals surface area (Å²) >= 11 is 0. The Morgan fingerprint density at radius 2 is 1.63 bits per heavy atom. The van der Waals surface area contributed by atoms with Crippen molar-refractivity contribution in [3.63, 3.8) is 0 Å². The normalized spacial score (nSPS) is 24.9. The van der Waals surface area contributed by atoms with Crippen molar-refractivity contribution >= 4 is 27.5 Å². The standard InChI is InChI=1S/C48H75N3O8S.344H2/c1-18-46(15,19-2)49-42(52)36-25-38(56-17)41(32(7)31(36)6)60(54,55)51-37-24-30(5)40(58-26-29(3)4)33(8)39(37)48(43(51)53)21-20-47(16,34(9)35(48)10)59-45(13,14)27-50-22-23-57-28-44(50,11)12;;;;;;;;;;;;;;;;;;;;;;;;;;;;;;;;;;;;;;;;;;;;;;;;;;;;;;;;;;;;;;;;;;;;;;;;;;;;;;;;;;;;;;;;;;;;;;;;;;;;;;;;;;;;;;;;;;;;;;;;;;;;;;;;;;;;;;;;;;;;;;;;;;;;;;;;;;;;;;;;;;;;;;;;;;;;;;;;;;;;;;;;;;;;;;;;;;;;;;;;;;;;;;;;;;;;;;;;;;;;;;;;;;;;;;;;;;;;;;;;;;;;;;;;;;;;;;;;;;;;;;;;;;;;;;;;;;;;;;;;;;;;;;;;;;;;;;;;;;;;;;;;;;;;;;;;;;;;;;;;;;;;;;;;;;;;;;;;;;;;;;;;/h24-25,29,34-35H,18-23,26-28H2,1-17H3,(H,49,52);344*1H/t34?,35?,47-,48+;;;;;;;;;;;;;;;;;;;;;;;;;;;;;;;;;;;;;;;;;;;;;;;;;;;;;;;;;;;;;;;;;;;;;;;;;;;;;;;;;;;;;;;;;;;;;;;;;;;;;;;;;;;;;;;;;;;;;;;;;;;;;;;;;;;;;;;;;;;;;;;;;;;;;;;;;;;;;;;;;;;;;;;;;;;;;;;;;;;;;;;;;;;;;;;;;;;;;;;;;;;;;;;;;;;;;;;;;;;;;;;;;;;;;;;;;;;;;;;;;;;;;;;;;;;;;;;;;;;;;;;;;;;;;;;;;;;;;;;;;;;;;;;;;;;;;;;;;;;;;;;;;;;;;;;;;;;;;;;;;;;;;;;;;;;;;;;;;;;;;;;;/m0......................................................................................................................................................................................................................................................................................................................................................../s1. The van der Waals surface area contributed by atoms with Crippen LogP contribution in [0, 0.1) is 45.4 Å². The van der Waals surface area contributed by atoms with Crippen molar-refractivity contribution in [1.29, 1.82) is 0 Å². The molecule has 2 heterocycles. The highest BCUT2D eigenvalue weighted by Crippen LogP contribution is 2.61. The average Bonchev–Trinajstić information content (AvgIpc) is 1.51. The van der Waals surface area contributed by atoms with Gasteiger partial charge < -0.3 is 24.3 Å². The zero-order chi connectivity index (χ0) is 45.1. The number of rotatable bonds is 14. The fourth-order valence-electron chi connectivity index (χ4n) is 10.2. The van der Waals surface area contributed by atoms with Crippen molar-refractivity contribution in [1.82, 2.24) is 10.2 Å². The maximum atomic E-state index is 15.7. The number of hydrogen-bond acceptors (Lipinski definition) is 9. The largest absolute Gasteiger partial charge is 0.495 e. The number of ether oxygens (including phenoxy) is 4. The van der Waals surface area contributed by atoms with E-state index in [2.05, 4.69) is 72.5 Å². The van der Waals surface area contributed by atoms with Gasteiger partial charge >= 0.3 is 0 Å². The third-order valence-corrected chi connectivity index (χ3v) is 16.5.